The van der Waals surface area contributed by atoms with Crippen LogP contribution in [0.1, 0.15) is 35.3 Å². The molecule has 5 rings (SSSR count). The van der Waals surface area contributed by atoms with Crippen molar-refractivity contribution in [2.24, 2.45) is 0 Å². The van der Waals surface area contributed by atoms with Gasteiger partial charge in [-0.15, -0.1) is 0 Å². The van der Waals surface area contributed by atoms with E-state index in [1.165, 1.54) is 0 Å². The van der Waals surface area contributed by atoms with Gasteiger partial charge in [0.15, 0.2) is 5.82 Å². The molecular weight excluding hydrogens is 480 g/mol. The lowest BCUT2D eigenvalue weighted by atomic mass is 9.92. The Morgan fingerprint density at radius 2 is 2.11 bits per heavy atom. The minimum absolute atomic E-state index is 0.208. The minimum atomic E-state index is -0.347. The van der Waals surface area contributed by atoms with Crippen molar-refractivity contribution in [1.29, 1.82) is 5.26 Å². The maximum atomic E-state index is 12.9. The van der Waals surface area contributed by atoms with Crippen LogP contribution in [-0.4, -0.2) is 45.5 Å². The second-order valence-corrected chi connectivity index (χ2v) is 8.91. The molecule has 0 bridgehead atoms. The summed E-state index contributed by atoms with van der Waals surface area (Å²) >= 11 is 6.27. The highest BCUT2D eigenvalue weighted by Crippen LogP contribution is 2.39. The molecule has 2 aromatic heterocycles. The van der Waals surface area contributed by atoms with Crippen molar-refractivity contribution in [2.45, 2.75) is 25.9 Å². The van der Waals surface area contributed by atoms with Gasteiger partial charge in [-0.25, -0.2) is 4.79 Å². The van der Waals surface area contributed by atoms with E-state index < -0.39 is 0 Å². The Kier molecular flexibility index (Phi) is 6.44. The predicted molar refractivity (Wildman–Crippen MR) is 136 cm³/mol. The van der Waals surface area contributed by atoms with Crippen molar-refractivity contribution < 1.29 is 14.3 Å². The number of aromatic nitrogens is 3. The molecule has 0 radical (unpaired) electrons. The van der Waals surface area contributed by atoms with Crippen molar-refractivity contribution in [3.8, 4) is 11.8 Å². The van der Waals surface area contributed by atoms with Gasteiger partial charge in [0.1, 0.15) is 30.0 Å². The van der Waals surface area contributed by atoms with E-state index in [1.807, 2.05) is 48.5 Å². The highest BCUT2D eigenvalue weighted by Gasteiger charge is 2.35. The van der Waals surface area contributed by atoms with Gasteiger partial charge in [0.2, 0.25) is 0 Å². The predicted octanol–water partition coefficient (Wildman–Crippen LogP) is 4.65. The molecule has 0 fully saturated rings. The number of H-pyrrole nitrogens is 1. The number of fused-ring (bicyclic) bond motifs is 3. The Hall–Kier alpha value is -4.16. The lowest BCUT2D eigenvalue weighted by Crippen LogP contribution is -2.40. The second kappa shape index (κ2) is 9.84. The van der Waals surface area contributed by atoms with Gasteiger partial charge in [-0.05, 0) is 54.8 Å². The number of aromatic amines is 1. The topological polar surface area (TPSA) is 122 Å². The third-order valence-electron chi connectivity index (χ3n) is 6.29. The molecular formula is C26H25ClN6O3. The number of halogens is 1. The number of nitriles is 1. The fourth-order valence-corrected chi connectivity index (χ4v) is 4.82. The summed E-state index contributed by atoms with van der Waals surface area (Å²) in [6.45, 7) is 3.45. The summed E-state index contributed by atoms with van der Waals surface area (Å²) in [6.07, 6.45) is 1.96. The maximum absolute atomic E-state index is 12.9. The molecule has 36 heavy (non-hydrogen) atoms. The molecule has 0 saturated heterocycles. The first-order valence-corrected chi connectivity index (χ1v) is 12.1. The van der Waals surface area contributed by atoms with E-state index in [0.29, 0.717) is 49.1 Å². The highest BCUT2D eigenvalue weighted by atomic mass is 35.5. The summed E-state index contributed by atoms with van der Waals surface area (Å²) < 4.78 is 12.8. The van der Waals surface area contributed by atoms with Gasteiger partial charge in [0, 0.05) is 34.4 Å². The maximum Gasteiger partial charge on any atom is 0.410 e. The molecule has 0 aliphatic carbocycles. The number of ether oxygens (including phenoxy) is 2. The number of carbonyl (C=O) groups excluding carboxylic acids is 1. The van der Waals surface area contributed by atoms with E-state index in [0.717, 1.165) is 27.7 Å². The average Bonchev–Trinajstić information content (AvgIpc) is 3.43. The number of carbonyl (C=O) groups is 1. The standard InChI is InChI=1S/C26H25ClN6O3/c1-2-35-26(34)33-10-9-20-21-13-18(27)5-8-22(21)30-23(20)24(33)16-3-6-19(7-4-16)36-12-11-32-15-17(14-28)25(29)31-32/h3-8,13,15,24,30H,2,9-12H2,1H3,(H2,29,31). The first-order chi connectivity index (χ1) is 17.5. The summed E-state index contributed by atoms with van der Waals surface area (Å²) in [5.74, 6) is 0.889. The van der Waals surface area contributed by atoms with E-state index in [2.05, 4.69) is 10.1 Å². The zero-order chi connectivity index (χ0) is 25.2. The molecule has 1 unspecified atom stereocenters. The molecule has 10 heteroatoms. The second-order valence-electron chi connectivity index (χ2n) is 8.47. The van der Waals surface area contributed by atoms with Gasteiger partial charge in [-0.2, -0.15) is 10.4 Å². The van der Waals surface area contributed by atoms with E-state index >= 15 is 0 Å². The van der Waals surface area contributed by atoms with Crippen molar-refractivity contribution >= 4 is 34.4 Å². The van der Waals surface area contributed by atoms with E-state index in [4.69, 9.17) is 32.1 Å². The van der Waals surface area contributed by atoms with Crippen LogP contribution < -0.4 is 10.5 Å². The molecule has 3 heterocycles. The third-order valence-corrected chi connectivity index (χ3v) is 6.52. The molecule has 1 atom stereocenters. The summed E-state index contributed by atoms with van der Waals surface area (Å²) in [6, 6.07) is 15.1. The number of anilines is 1. The van der Waals surface area contributed by atoms with Crippen LogP contribution in [0.25, 0.3) is 10.9 Å². The molecule has 184 valence electrons. The van der Waals surface area contributed by atoms with Crippen LogP contribution in [0.5, 0.6) is 5.75 Å². The van der Waals surface area contributed by atoms with Crippen molar-refractivity contribution in [3.63, 3.8) is 0 Å². The number of hydrogen-bond donors (Lipinski definition) is 2. The Labute approximate surface area is 213 Å². The van der Waals surface area contributed by atoms with E-state index in [1.54, 1.807) is 22.7 Å². The molecule has 4 aromatic rings. The molecule has 3 N–H and O–H groups in total. The zero-order valence-electron chi connectivity index (χ0n) is 19.7. The van der Waals surface area contributed by atoms with Gasteiger partial charge < -0.3 is 20.2 Å². The number of benzene rings is 2. The third kappa shape index (κ3) is 4.43. The fourth-order valence-electron chi connectivity index (χ4n) is 4.65. The van der Waals surface area contributed by atoms with Crippen LogP contribution in [0.2, 0.25) is 5.02 Å². The molecule has 0 saturated carbocycles. The largest absolute Gasteiger partial charge is 0.492 e. The SMILES string of the molecule is CCOC(=O)N1CCc2c([nH]c3ccc(Cl)cc23)C1c1ccc(OCCn2cc(C#N)c(N)n2)cc1. The van der Waals surface area contributed by atoms with Crippen molar-refractivity contribution in [2.75, 3.05) is 25.5 Å². The van der Waals surface area contributed by atoms with Gasteiger partial charge in [-0.3, -0.25) is 9.58 Å². The number of nitrogens with two attached hydrogens (primary N) is 1. The molecule has 9 nitrogen and oxygen atoms in total. The summed E-state index contributed by atoms with van der Waals surface area (Å²) in [4.78, 5) is 18.1. The van der Waals surface area contributed by atoms with Gasteiger partial charge in [-0.1, -0.05) is 23.7 Å². The van der Waals surface area contributed by atoms with Crippen LogP contribution in [0.4, 0.5) is 10.6 Å². The zero-order valence-corrected chi connectivity index (χ0v) is 20.5. The van der Waals surface area contributed by atoms with Crippen LogP contribution in [0.3, 0.4) is 0 Å². The van der Waals surface area contributed by atoms with Crippen molar-refractivity contribution in [3.05, 3.63) is 76.1 Å². The van der Waals surface area contributed by atoms with Crippen LogP contribution in [0.15, 0.2) is 48.7 Å². The Balaban J connectivity index is 1.39. The van der Waals surface area contributed by atoms with Crippen molar-refractivity contribution in [1.82, 2.24) is 19.7 Å². The molecule has 1 aliphatic heterocycles. The quantitative estimate of drug-likeness (QED) is 0.394. The molecule has 1 aliphatic rings. The van der Waals surface area contributed by atoms with Gasteiger partial charge in [0.05, 0.1) is 13.2 Å². The molecule has 0 spiro atoms. The average molecular weight is 505 g/mol. The number of nitrogen functional groups attached to an aromatic ring is 1. The number of nitrogens with zero attached hydrogens (tertiary/aromatic N) is 4. The number of nitrogens with one attached hydrogen (secondary N) is 1. The minimum Gasteiger partial charge on any atom is -0.492 e. The Bertz CT molecular complexity index is 1450. The Morgan fingerprint density at radius 1 is 1.31 bits per heavy atom. The number of hydrogen-bond acceptors (Lipinski definition) is 6. The first kappa shape index (κ1) is 23.6. The number of rotatable bonds is 6. The molecule has 2 aromatic carbocycles. The van der Waals surface area contributed by atoms with Crippen LogP contribution in [-0.2, 0) is 17.7 Å². The van der Waals surface area contributed by atoms with Gasteiger partial charge in [0.25, 0.3) is 0 Å². The Morgan fingerprint density at radius 3 is 2.83 bits per heavy atom. The lowest BCUT2D eigenvalue weighted by Gasteiger charge is -2.35. The van der Waals surface area contributed by atoms with Crippen LogP contribution in [0, 0.1) is 11.3 Å². The summed E-state index contributed by atoms with van der Waals surface area (Å²) in [5.41, 5.74) is 10.1. The smallest absolute Gasteiger partial charge is 0.410 e. The normalized spacial score (nSPS) is 14.9. The monoisotopic (exact) mass is 504 g/mol. The molecule has 1 amide bonds. The van der Waals surface area contributed by atoms with E-state index in [9.17, 15) is 4.79 Å². The van der Waals surface area contributed by atoms with E-state index in [-0.39, 0.29) is 18.0 Å². The van der Waals surface area contributed by atoms with Crippen LogP contribution >= 0.6 is 11.6 Å². The highest BCUT2D eigenvalue weighted by molar-refractivity contribution is 6.31. The first-order valence-electron chi connectivity index (χ1n) is 11.7. The van der Waals surface area contributed by atoms with Gasteiger partial charge >= 0.3 is 6.09 Å². The lowest BCUT2D eigenvalue weighted by molar-refractivity contribution is 0.0932. The summed E-state index contributed by atoms with van der Waals surface area (Å²) in [7, 11) is 0. The summed E-state index contributed by atoms with van der Waals surface area (Å²) in [5, 5.41) is 14.9. The number of amides is 1. The fraction of sp³-hybridized carbons (Fsp3) is 0.269.